The van der Waals surface area contributed by atoms with Gasteiger partial charge in [-0.25, -0.2) is 4.39 Å². The summed E-state index contributed by atoms with van der Waals surface area (Å²) in [6.07, 6.45) is -13.5. The summed E-state index contributed by atoms with van der Waals surface area (Å²) in [6, 6.07) is 0. The SMILES string of the molecule is F/C(=C(\F)C(F)(F)C(F)(F)C(F)(F)F)C(F)(F)F. The van der Waals surface area contributed by atoms with Crippen LogP contribution in [-0.2, 0) is 0 Å². The Hall–Kier alpha value is -1.10. The van der Waals surface area contributed by atoms with Crippen LogP contribution in [0.5, 0.6) is 0 Å². The molecule has 0 aliphatic heterocycles. The topological polar surface area (TPSA) is 0 Å². The van der Waals surface area contributed by atoms with Gasteiger partial charge >= 0.3 is 24.2 Å². The normalized spacial score (nSPS) is 16.7. The third-order valence-corrected chi connectivity index (χ3v) is 1.47. The summed E-state index contributed by atoms with van der Waals surface area (Å²) in [5, 5.41) is 0. The second-order valence-corrected chi connectivity index (χ2v) is 2.77. The Morgan fingerprint density at radius 3 is 1.11 bits per heavy atom. The van der Waals surface area contributed by atoms with Gasteiger partial charge in [-0.15, -0.1) is 0 Å². The van der Waals surface area contributed by atoms with E-state index in [0.717, 1.165) is 0 Å². The molecule has 0 N–H and O–H groups in total. The van der Waals surface area contributed by atoms with Crippen molar-refractivity contribution in [2.75, 3.05) is 0 Å². The largest absolute Gasteiger partial charge is 0.460 e. The molecule has 0 fully saturated rings. The molecule has 0 atom stereocenters. The molecule has 0 bridgehead atoms. The first-order valence-electron chi connectivity index (χ1n) is 3.52. The molecule has 0 aliphatic carbocycles. The van der Waals surface area contributed by atoms with E-state index in [1.54, 1.807) is 0 Å². The van der Waals surface area contributed by atoms with Gasteiger partial charge in [0.05, 0.1) is 0 Å². The Morgan fingerprint density at radius 2 is 0.889 bits per heavy atom. The Balaban J connectivity index is 5.83. The van der Waals surface area contributed by atoms with Gasteiger partial charge in [-0.1, -0.05) is 0 Å². The first-order chi connectivity index (χ1) is 7.57. The number of rotatable bonds is 2. The highest BCUT2D eigenvalue weighted by Gasteiger charge is 2.76. The Bertz CT molecular complexity index is 341. The molecule has 0 spiro atoms. The molecular weight excluding hydrogens is 300 g/mol. The van der Waals surface area contributed by atoms with Crippen LogP contribution in [0.25, 0.3) is 0 Å². The van der Waals surface area contributed by atoms with Crippen LogP contribution in [-0.4, -0.2) is 24.2 Å². The first-order valence-corrected chi connectivity index (χ1v) is 3.52. The van der Waals surface area contributed by atoms with Crippen molar-refractivity contribution in [2.24, 2.45) is 0 Å². The van der Waals surface area contributed by atoms with E-state index in [1.807, 2.05) is 0 Å². The van der Waals surface area contributed by atoms with Gasteiger partial charge in [0.15, 0.2) is 0 Å². The van der Waals surface area contributed by atoms with Gasteiger partial charge in [0.25, 0.3) is 0 Å². The standard InChI is InChI=1S/C6F12/c7-1(2(8)4(11,12)13)3(9,10)5(14,15)6(16,17)18/b2-1-. The molecule has 0 saturated heterocycles. The van der Waals surface area contributed by atoms with Crippen molar-refractivity contribution >= 4 is 0 Å². The van der Waals surface area contributed by atoms with Crippen LogP contribution in [0.2, 0.25) is 0 Å². The molecule has 0 amide bonds. The van der Waals surface area contributed by atoms with E-state index in [0.29, 0.717) is 0 Å². The number of halogens is 12. The predicted octanol–water partition coefficient (Wildman–Crippen LogP) is 4.53. The van der Waals surface area contributed by atoms with Crippen molar-refractivity contribution < 1.29 is 52.7 Å². The highest BCUT2D eigenvalue weighted by molar-refractivity contribution is 5.18. The van der Waals surface area contributed by atoms with E-state index >= 15 is 0 Å². The van der Waals surface area contributed by atoms with Crippen LogP contribution in [0.1, 0.15) is 0 Å². The lowest BCUT2D eigenvalue weighted by atomic mass is 10.1. The van der Waals surface area contributed by atoms with Crippen molar-refractivity contribution in [3.63, 3.8) is 0 Å². The highest BCUT2D eigenvalue weighted by atomic mass is 19.4. The summed E-state index contributed by atoms with van der Waals surface area (Å²) in [5.74, 6) is -23.1. The number of allylic oxidation sites excluding steroid dienone is 2. The number of alkyl halides is 10. The first kappa shape index (κ1) is 16.9. The molecule has 0 nitrogen and oxygen atoms in total. The molecule has 0 aromatic carbocycles. The van der Waals surface area contributed by atoms with E-state index in [9.17, 15) is 52.7 Å². The van der Waals surface area contributed by atoms with Crippen molar-refractivity contribution in [1.29, 1.82) is 0 Å². The number of hydrogen-bond acceptors (Lipinski definition) is 0. The average Bonchev–Trinajstić information content (AvgIpc) is 2.11. The lowest BCUT2D eigenvalue weighted by molar-refractivity contribution is -0.348. The maximum atomic E-state index is 12.2. The maximum Gasteiger partial charge on any atom is 0.460 e. The summed E-state index contributed by atoms with van der Waals surface area (Å²) in [6.45, 7) is 0. The molecule has 0 radical (unpaired) electrons. The smallest absolute Gasteiger partial charge is 0.202 e. The zero-order valence-electron chi connectivity index (χ0n) is 7.54. The lowest BCUT2D eigenvalue weighted by Crippen LogP contribution is -2.52. The summed E-state index contributed by atoms with van der Waals surface area (Å²) in [4.78, 5) is 0. The van der Waals surface area contributed by atoms with Gasteiger partial charge in [-0.3, -0.25) is 0 Å². The molecule has 18 heavy (non-hydrogen) atoms. The minimum absolute atomic E-state index is 4.36. The number of hydrogen-bond donors (Lipinski definition) is 0. The summed E-state index contributed by atoms with van der Waals surface area (Å²) >= 11 is 0. The van der Waals surface area contributed by atoms with Gasteiger partial charge < -0.3 is 0 Å². The highest BCUT2D eigenvalue weighted by Crippen LogP contribution is 2.51. The summed E-state index contributed by atoms with van der Waals surface area (Å²) in [7, 11) is 0. The van der Waals surface area contributed by atoms with Gasteiger partial charge in [0.1, 0.15) is 0 Å². The van der Waals surface area contributed by atoms with Crippen LogP contribution in [0, 0.1) is 0 Å². The molecule has 108 valence electrons. The molecule has 0 unspecified atom stereocenters. The molecule has 0 heterocycles. The minimum Gasteiger partial charge on any atom is -0.202 e. The zero-order valence-corrected chi connectivity index (χ0v) is 7.54. The maximum absolute atomic E-state index is 12.2. The monoisotopic (exact) mass is 300 g/mol. The van der Waals surface area contributed by atoms with Crippen molar-refractivity contribution in [3.05, 3.63) is 11.7 Å². The Morgan fingerprint density at radius 1 is 0.556 bits per heavy atom. The Labute approximate surface area is 89.9 Å². The van der Waals surface area contributed by atoms with Crippen molar-refractivity contribution in [2.45, 2.75) is 24.2 Å². The second-order valence-electron chi connectivity index (χ2n) is 2.77. The fourth-order valence-corrected chi connectivity index (χ4v) is 0.578. The van der Waals surface area contributed by atoms with Crippen molar-refractivity contribution in [1.82, 2.24) is 0 Å². The van der Waals surface area contributed by atoms with Gasteiger partial charge in [0, 0.05) is 0 Å². The second kappa shape index (κ2) is 4.23. The molecule has 12 heteroatoms. The van der Waals surface area contributed by atoms with Gasteiger partial charge in [-0.05, 0) is 0 Å². The minimum atomic E-state index is -7.20. The van der Waals surface area contributed by atoms with Crippen LogP contribution in [0.15, 0.2) is 11.7 Å². The lowest BCUT2D eigenvalue weighted by Gasteiger charge is -2.27. The van der Waals surface area contributed by atoms with E-state index < -0.39 is 35.9 Å². The fourth-order valence-electron chi connectivity index (χ4n) is 0.578. The van der Waals surface area contributed by atoms with Crippen LogP contribution < -0.4 is 0 Å². The average molecular weight is 300 g/mol. The van der Waals surface area contributed by atoms with E-state index in [4.69, 9.17) is 0 Å². The van der Waals surface area contributed by atoms with Gasteiger partial charge in [-0.2, -0.15) is 48.3 Å². The van der Waals surface area contributed by atoms with Crippen LogP contribution in [0.4, 0.5) is 52.7 Å². The molecule has 0 rings (SSSR count). The van der Waals surface area contributed by atoms with E-state index in [1.165, 1.54) is 0 Å². The fraction of sp³-hybridized carbons (Fsp3) is 0.667. The van der Waals surface area contributed by atoms with Crippen LogP contribution >= 0.6 is 0 Å². The third kappa shape index (κ3) is 2.66. The predicted molar refractivity (Wildman–Crippen MR) is 31.2 cm³/mol. The van der Waals surface area contributed by atoms with Gasteiger partial charge in [0.2, 0.25) is 11.7 Å². The van der Waals surface area contributed by atoms with Crippen LogP contribution in [0.3, 0.4) is 0 Å². The molecule has 0 saturated carbocycles. The molecule has 0 aromatic heterocycles. The quantitative estimate of drug-likeness (QED) is 0.657. The van der Waals surface area contributed by atoms with E-state index in [-0.39, 0.29) is 0 Å². The van der Waals surface area contributed by atoms with Crippen molar-refractivity contribution in [3.8, 4) is 0 Å². The van der Waals surface area contributed by atoms with E-state index in [2.05, 4.69) is 0 Å². The zero-order chi connectivity index (χ0) is 15.2. The summed E-state index contributed by atoms with van der Waals surface area (Å²) < 4.78 is 141. The molecule has 0 aromatic rings. The molecule has 0 aliphatic rings. The Kier molecular flexibility index (Phi) is 3.97. The third-order valence-electron chi connectivity index (χ3n) is 1.47. The summed E-state index contributed by atoms with van der Waals surface area (Å²) in [5.41, 5.74) is 0. The molecular formula is C6F12.